The number of rotatable bonds is 8. The van der Waals surface area contributed by atoms with E-state index < -0.39 is 0 Å². The molecular weight excluding hydrogens is 396 g/mol. The number of para-hydroxylation sites is 1. The normalized spacial score (nSPS) is 13.3. The Bertz CT molecular complexity index is 1120. The average Bonchev–Trinajstić information content (AvgIpc) is 3.41. The SMILES string of the molecule is CC[C@H](CNC(=O)[C@H](C)Sc1nnc(-c2c[nH]c3ccccc23)o1)c1ccccc1. The van der Waals surface area contributed by atoms with Crippen molar-refractivity contribution in [3.05, 3.63) is 66.4 Å². The molecule has 0 saturated carbocycles. The van der Waals surface area contributed by atoms with E-state index in [1.165, 1.54) is 17.3 Å². The fourth-order valence-electron chi connectivity index (χ4n) is 3.41. The molecule has 0 aliphatic heterocycles. The van der Waals surface area contributed by atoms with Crippen molar-refractivity contribution < 1.29 is 9.21 Å². The molecule has 2 atom stereocenters. The van der Waals surface area contributed by atoms with Crippen LogP contribution in [0.3, 0.4) is 0 Å². The van der Waals surface area contributed by atoms with E-state index in [1.807, 2.05) is 55.6 Å². The number of aromatic nitrogens is 3. The molecule has 154 valence electrons. The van der Waals surface area contributed by atoms with Crippen molar-refractivity contribution in [3.8, 4) is 11.5 Å². The van der Waals surface area contributed by atoms with Crippen molar-refractivity contribution in [1.82, 2.24) is 20.5 Å². The van der Waals surface area contributed by atoms with E-state index >= 15 is 0 Å². The summed E-state index contributed by atoms with van der Waals surface area (Å²) >= 11 is 1.27. The molecule has 4 rings (SSSR count). The van der Waals surface area contributed by atoms with Gasteiger partial charge in [0.25, 0.3) is 11.1 Å². The van der Waals surface area contributed by atoms with E-state index in [9.17, 15) is 4.79 Å². The molecule has 0 radical (unpaired) electrons. The average molecular weight is 421 g/mol. The summed E-state index contributed by atoms with van der Waals surface area (Å²) in [6.45, 7) is 4.58. The molecule has 0 aliphatic carbocycles. The number of carbonyl (C=O) groups excluding carboxylic acids is 1. The first-order valence-electron chi connectivity index (χ1n) is 10.0. The van der Waals surface area contributed by atoms with E-state index in [-0.39, 0.29) is 11.2 Å². The number of thioether (sulfide) groups is 1. The molecule has 30 heavy (non-hydrogen) atoms. The molecule has 0 saturated heterocycles. The molecule has 0 aliphatic rings. The maximum absolute atomic E-state index is 12.6. The zero-order chi connectivity index (χ0) is 20.9. The number of benzene rings is 2. The van der Waals surface area contributed by atoms with Gasteiger partial charge >= 0.3 is 0 Å². The highest BCUT2D eigenvalue weighted by Crippen LogP contribution is 2.30. The van der Waals surface area contributed by atoms with Crippen molar-refractivity contribution in [2.24, 2.45) is 0 Å². The van der Waals surface area contributed by atoms with Crippen LogP contribution in [0.25, 0.3) is 22.4 Å². The van der Waals surface area contributed by atoms with Crippen LogP contribution in [0.4, 0.5) is 0 Å². The van der Waals surface area contributed by atoms with E-state index in [2.05, 4.69) is 39.6 Å². The third kappa shape index (κ3) is 4.41. The van der Waals surface area contributed by atoms with E-state index in [4.69, 9.17) is 4.42 Å². The Morgan fingerprint density at radius 2 is 1.90 bits per heavy atom. The van der Waals surface area contributed by atoms with Crippen molar-refractivity contribution >= 4 is 28.6 Å². The summed E-state index contributed by atoms with van der Waals surface area (Å²) < 4.78 is 5.81. The maximum atomic E-state index is 12.6. The van der Waals surface area contributed by atoms with Gasteiger partial charge in [-0.1, -0.05) is 67.2 Å². The molecule has 2 heterocycles. The lowest BCUT2D eigenvalue weighted by Crippen LogP contribution is -2.34. The Balaban J connectivity index is 1.37. The highest BCUT2D eigenvalue weighted by Gasteiger charge is 2.20. The standard InChI is InChI=1S/C23H24N4O2S/c1-3-16(17-9-5-4-6-10-17)13-25-21(28)15(2)30-23-27-26-22(29-23)19-14-24-20-12-8-7-11-18(19)20/h4-12,14-16,24H,3,13H2,1-2H3,(H,25,28)/t15-,16+/m0/s1. The molecule has 0 bridgehead atoms. The Kier molecular flexibility index (Phi) is 6.18. The quantitative estimate of drug-likeness (QED) is 0.392. The van der Waals surface area contributed by atoms with Crippen molar-refractivity contribution in [1.29, 1.82) is 0 Å². The van der Waals surface area contributed by atoms with Gasteiger partial charge in [0.15, 0.2) is 0 Å². The number of nitrogens with one attached hydrogen (secondary N) is 2. The number of carbonyl (C=O) groups is 1. The molecule has 4 aromatic rings. The zero-order valence-electron chi connectivity index (χ0n) is 17.0. The number of H-pyrrole nitrogens is 1. The summed E-state index contributed by atoms with van der Waals surface area (Å²) in [6, 6.07) is 18.2. The maximum Gasteiger partial charge on any atom is 0.277 e. The van der Waals surface area contributed by atoms with Gasteiger partial charge in [0.05, 0.1) is 10.8 Å². The first-order chi connectivity index (χ1) is 14.7. The van der Waals surface area contributed by atoms with Crippen molar-refractivity contribution in [3.63, 3.8) is 0 Å². The highest BCUT2D eigenvalue weighted by molar-refractivity contribution is 8.00. The van der Waals surface area contributed by atoms with E-state index in [0.717, 1.165) is 22.9 Å². The predicted molar refractivity (Wildman–Crippen MR) is 119 cm³/mol. The van der Waals surface area contributed by atoms with Crippen LogP contribution in [0.5, 0.6) is 0 Å². The van der Waals surface area contributed by atoms with Gasteiger partial charge in [-0.05, 0) is 25.0 Å². The summed E-state index contributed by atoms with van der Waals surface area (Å²) in [5.74, 6) is 0.697. The third-order valence-corrected chi connectivity index (χ3v) is 6.09. The molecule has 7 heteroatoms. The molecule has 2 aromatic carbocycles. The summed E-state index contributed by atoms with van der Waals surface area (Å²) in [5, 5.41) is 12.4. The molecule has 2 N–H and O–H groups in total. The number of amides is 1. The zero-order valence-corrected chi connectivity index (χ0v) is 17.8. The van der Waals surface area contributed by atoms with Crippen LogP contribution in [0.2, 0.25) is 0 Å². The minimum atomic E-state index is -0.338. The van der Waals surface area contributed by atoms with Gasteiger partial charge < -0.3 is 14.7 Å². The van der Waals surface area contributed by atoms with Crippen LogP contribution in [0.15, 0.2) is 70.4 Å². The monoisotopic (exact) mass is 420 g/mol. The smallest absolute Gasteiger partial charge is 0.277 e. The fraction of sp³-hybridized carbons (Fsp3) is 0.261. The van der Waals surface area contributed by atoms with Crippen LogP contribution in [0, 0.1) is 0 Å². The molecule has 1 amide bonds. The van der Waals surface area contributed by atoms with Crippen LogP contribution in [-0.4, -0.2) is 32.9 Å². The second-order valence-electron chi connectivity index (χ2n) is 7.14. The summed E-state index contributed by atoms with van der Waals surface area (Å²) in [6.07, 6.45) is 2.82. The molecule has 0 fully saturated rings. The van der Waals surface area contributed by atoms with Gasteiger partial charge in [-0.3, -0.25) is 4.79 Å². The van der Waals surface area contributed by atoms with E-state index in [1.54, 1.807) is 0 Å². The van der Waals surface area contributed by atoms with Crippen molar-refractivity contribution in [2.45, 2.75) is 36.7 Å². The summed E-state index contributed by atoms with van der Waals surface area (Å²) in [4.78, 5) is 15.8. The van der Waals surface area contributed by atoms with Crippen molar-refractivity contribution in [2.75, 3.05) is 6.54 Å². The lowest BCUT2D eigenvalue weighted by Gasteiger charge is -2.17. The molecular formula is C23H24N4O2S. The summed E-state index contributed by atoms with van der Waals surface area (Å²) in [5.41, 5.74) is 3.10. The first-order valence-corrected chi connectivity index (χ1v) is 10.9. The minimum absolute atomic E-state index is 0.0405. The largest absolute Gasteiger partial charge is 0.411 e. The topological polar surface area (TPSA) is 83.8 Å². The third-order valence-electron chi connectivity index (χ3n) is 5.16. The van der Waals surface area contributed by atoms with Crippen LogP contribution in [-0.2, 0) is 4.79 Å². The molecule has 0 unspecified atom stereocenters. The van der Waals surface area contributed by atoms with Gasteiger partial charge in [-0.2, -0.15) is 0 Å². The Labute approximate surface area is 179 Å². The van der Waals surface area contributed by atoms with Gasteiger partial charge in [0.1, 0.15) is 0 Å². The second-order valence-corrected chi connectivity index (χ2v) is 8.43. The molecule has 2 aromatic heterocycles. The van der Waals surface area contributed by atoms with Crippen LogP contribution >= 0.6 is 11.8 Å². The summed E-state index contributed by atoms with van der Waals surface area (Å²) in [7, 11) is 0. The van der Waals surface area contributed by atoms with E-state index in [0.29, 0.717) is 23.6 Å². The molecule has 6 nitrogen and oxygen atoms in total. The number of fused-ring (bicyclic) bond motifs is 1. The van der Waals surface area contributed by atoms with Crippen LogP contribution in [0.1, 0.15) is 31.7 Å². The minimum Gasteiger partial charge on any atom is -0.411 e. The first kappa shape index (κ1) is 20.2. The highest BCUT2D eigenvalue weighted by atomic mass is 32.2. The second kappa shape index (κ2) is 9.17. The Morgan fingerprint density at radius 1 is 1.13 bits per heavy atom. The predicted octanol–water partition coefficient (Wildman–Crippen LogP) is 5.01. The Hall–Kier alpha value is -3.06. The number of hydrogen-bond acceptors (Lipinski definition) is 5. The van der Waals surface area contributed by atoms with Gasteiger partial charge in [0, 0.05) is 29.6 Å². The van der Waals surface area contributed by atoms with Gasteiger partial charge in [0.2, 0.25) is 5.91 Å². The number of aromatic amines is 1. The van der Waals surface area contributed by atoms with Gasteiger partial charge in [-0.25, -0.2) is 0 Å². The molecule has 0 spiro atoms. The lowest BCUT2D eigenvalue weighted by molar-refractivity contribution is -0.120. The van der Waals surface area contributed by atoms with Crippen LogP contribution < -0.4 is 5.32 Å². The Morgan fingerprint density at radius 3 is 2.70 bits per heavy atom. The number of nitrogens with zero attached hydrogens (tertiary/aromatic N) is 2. The van der Waals surface area contributed by atoms with Gasteiger partial charge in [-0.15, -0.1) is 10.2 Å². The fourth-order valence-corrected chi connectivity index (χ4v) is 4.12. The number of hydrogen-bond donors (Lipinski definition) is 2. The lowest BCUT2D eigenvalue weighted by atomic mass is 9.96.